The van der Waals surface area contributed by atoms with E-state index in [1.54, 1.807) is 4.90 Å². The molecule has 1 aromatic rings. The Labute approximate surface area is 116 Å². The van der Waals surface area contributed by atoms with Crippen LogP contribution in [0, 0.1) is 5.82 Å². The van der Waals surface area contributed by atoms with Crippen LogP contribution in [-0.2, 0) is 9.84 Å². The standard InChI is InChI=1S/C11H15ClFN3O2S/c12-9-7(14)6-8(15)11(10(9)13)16-2-1-4-19(17,18)5-3-16/h6H,1-5,14-15H2. The summed E-state index contributed by atoms with van der Waals surface area (Å²) in [5.74, 6) is -0.611. The number of halogens is 2. The molecule has 0 bridgehead atoms. The van der Waals surface area contributed by atoms with E-state index in [-0.39, 0.29) is 40.1 Å². The molecule has 1 aliphatic heterocycles. The Bertz CT molecular complexity index is 606. The summed E-state index contributed by atoms with van der Waals surface area (Å²) >= 11 is 5.77. The molecule has 0 spiro atoms. The van der Waals surface area contributed by atoms with Gasteiger partial charge in [-0.15, -0.1) is 0 Å². The van der Waals surface area contributed by atoms with Crippen molar-refractivity contribution in [3.63, 3.8) is 0 Å². The molecule has 0 aliphatic carbocycles. The molecule has 1 heterocycles. The molecule has 2 rings (SSSR count). The lowest BCUT2D eigenvalue weighted by Crippen LogP contribution is -2.28. The normalized spacial score (nSPS) is 19.2. The van der Waals surface area contributed by atoms with Crippen molar-refractivity contribution in [2.45, 2.75) is 6.42 Å². The summed E-state index contributed by atoms with van der Waals surface area (Å²) < 4.78 is 37.2. The lowest BCUT2D eigenvalue weighted by atomic mass is 10.2. The number of nitrogens with zero attached hydrogens (tertiary/aromatic N) is 1. The van der Waals surface area contributed by atoms with Crippen molar-refractivity contribution in [1.29, 1.82) is 0 Å². The number of benzene rings is 1. The Hall–Kier alpha value is -1.21. The zero-order chi connectivity index (χ0) is 14.2. The van der Waals surface area contributed by atoms with Crippen molar-refractivity contribution < 1.29 is 12.8 Å². The van der Waals surface area contributed by atoms with E-state index in [1.165, 1.54) is 6.07 Å². The van der Waals surface area contributed by atoms with Crippen molar-refractivity contribution in [2.24, 2.45) is 0 Å². The largest absolute Gasteiger partial charge is 0.397 e. The first kappa shape index (κ1) is 14.2. The molecule has 19 heavy (non-hydrogen) atoms. The lowest BCUT2D eigenvalue weighted by molar-refractivity contribution is 0.596. The molecule has 106 valence electrons. The molecule has 1 fully saturated rings. The van der Waals surface area contributed by atoms with Gasteiger partial charge >= 0.3 is 0 Å². The van der Waals surface area contributed by atoms with Crippen LogP contribution in [0.2, 0.25) is 5.02 Å². The van der Waals surface area contributed by atoms with E-state index in [0.29, 0.717) is 13.0 Å². The third-order valence-electron chi connectivity index (χ3n) is 3.11. The molecule has 1 saturated heterocycles. The van der Waals surface area contributed by atoms with Gasteiger partial charge < -0.3 is 16.4 Å². The highest BCUT2D eigenvalue weighted by Crippen LogP contribution is 2.36. The number of sulfone groups is 1. The summed E-state index contributed by atoms with van der Waals surface area (Å²) in [6, 6.07) is 1.39. The minimum Gasteiger partial charge on any atom is -0.397 e. The Balaban J connectivity index is 2.40. The molecule has 0 amide bonds. The van der Waals surface area contributed by atoms with Crippen LogP contribution < -0.4 is 16.4 Å². The van der Waals surface area contributed by atoms with Crippen molar-refractivity contribution >= 4 is 38.5 Å². The Morgan fingerprint density at radius 1 is 1.21 bits per heavy atom. The fourth-order valence-corrected chi connectivity index (χ4v) is 3.56. The fourth-order valence-electron chi connectivity index (χ4n) is 2.14. The van der Waals surface area contributed by atoms with Gasteiger partial charge in [-0.25, -0.2) is 12.8 Å². The van der Waals surface area contributed by atoms with Crippen LogP contribution in [0.3, 0.4) is 0 Å². The lowest BCUT2D eigenvalue weighted by Gasteiger charge is -2.25. The first-order valence-corrected chi connectivity index (χ1v) is 8.00. The highest BCUT2D eigenvalue weighted by Gasteiger charge is 2.24. The second-order valence-corrected chi connectivity index (χ2v) is 7.21. The molecule has 0 saturated carbocycles. The van der Waals surface area contributed by atoms with E-state index in [2.05, 4.69) is 0 Å². The van der Waals surface area contributed by atoms with Crippen LogP contribution >= 0.6 is 11.6 Å². The van der Waals surface area contributed by atoms with Gasteiger partial charge in [0.05, 0.1) is 28.6 Å². The average Bonchev–Trinajstić information content (AvgIpc) is 2.48. The molecule has 0 unspecified atom stereocenters. The molecule has 0 atom stereocenters. The van der Waals surface area contributed by atoms with Crippen LogP contribution in [0.15, 0.2) is 6.07 Å². The molecule has 8 heteroatoms. The van der Waals surface area contributed by atoms with Gasteiger partial charge in [-0.05, 0) is 12.5 Å². The van der Waals surface area contributed by atoms with Crippen LogP contribution in [0.1, 0.15) is 6.42 Å². The molecule has 5 nitrogen and oxygen atoms in total. The zero-order valence-electron chi connectivity index (χ0n) is 10.2. The predicted octanol–water partition coefficient (Wildman–Crippen LogP) is 1.27. The topological polar surface area (TPSA) is 89.4 Å². The average molecular weight is 308 g/mol. The van der Waals surface area contributed by atoms with E-state index >= 15 is 0 Å². The summed E-state index contributed by atoms with van der Waals surface area (Å²) in [5, 5.41) is -0.184. The van der Waals surface area contributed by atoms with Crippen molar-refractivity contribution in [2.75, 3.05) is 41.0 Å². The highest BCUT2D eigenvalue weighted by molar-refractivity contribution is 7.91. The van der Waals surface area contributed by atoms with Crippen LogP contribution in [0.4, 0.5) is 21.5 Å². The van der Waals surface area contributed by atoms with Gasteiger partial charge in [-0.3, -0.25) is 0 Å². The van der Waals surface area contributed by atoms with Gasteiger partial charge in [0.15, 0.2) is 15.7 Å². The number of hydrogen-bond donors (Lipinski definition) is 2. The van der Waals surface area contributed by atoms with Gasteiger partial charge in [-0.2, -0.15) is 0 Å². The summed E-state index contributed by atoms with van der Waals surface area (Å²) in [4.78, 5) is 1.61. The summed E-state index contributed by atoms with van der Waals surface area (Å²) in [5.41, 5.74) is 11.7. The van der Waals surface area contributed by atoms with E-state index < -0.39 is 15.7 Å². The minimum absolute atomic E-state index is 0.0200. The van der Waals surface area contributed by atoms with Crippen molar-refractivity contribution in [3.05, 3.63) is 16.9 Å². The van der Waals surface area contributed by atoms with Crippen molar-refractivity contribution in [3.8, 4) is 0 Å². The number of nitrogens with two attached hydrogens (primary N) is 2. The molecular weight excluding hydrogens is 293 g/mol. The Kier molecular flexibility index (Phi) is 3.78. The predicted molar refractivity (Wildman–Crippen MR) is 75.7 cm³/mol. The third-order valence-corrected chi connectivity index (χ3v) is 5.21. The Morgan fingerprint density at radius 3 is 2.58 bits per heavy atom. The molecule has 0 aromatic heterocycles. The van der Waals surface area contributed by atoms with Gasteiger partial charge in [0, 0.05) is 13.1 Å². The quantitative estimate of drug-likeness (QED) is 0.763. The minimum atomic E-state index is -3.07. The third kappa shape index (κ3) is 2.87. The maximum absolute atomic E-state index is 14.2. The van der Waals surface area contributed by atoms with Crippen LogP contribution in [0.25, 0.3) is 0 Å². The van der Waals surface area contributed by atoms with Gasteiger partial charge in [0.2, 0.25) is 0 Å². The molecule has 4 N–H and O–H groups in total. The molecular formula is C11H15ClFN3O2S. The van der Waals surface area contributed by atoms with E-state index in [4.69, 9.17) is 23.1 Å². The van der Waals surface area contributed by atoms with Crippen LogP contribution in [-0.4, -0.2) is 33.0 Å². The fraction of sp³-hybridized carbons (Fsp3) is 0.455. The van der Waals surface area contributed by atoms with Gasteiger partial charge in [0.1, 0.15) is 5.02 Å². The van der Waals surface area contributed by atoms with Gasteiger partial charge in [0.25, 0.3) is 0 Å². The monoisotopic (exact) mass is 307 g/mol. The van der Waals surface area contributed by atoms with E-state index in [9.17, 15) is 12.8 Å². The van der Waals surface area contributed by atoms with Gasteiger partial charge in [-0.1, -0.05) is 11.6 Å². The summed E-state index contributed by atoms with van der Waals surface area (Å²) in [7, 11) is -3.07. The summed E-state index contributed by atoms with van der Waals surface area (Å²) in [6.07, 6.45) is 0.434. The van der Waals surface area contributed by atoms with E-state index in [1.807, 2.05) is 0 Å². The summed E-state index contributed by atoms with van der Waals surface area (Å²) in [6.45, 7) is 0.615. The smallest absolute Gasteiger partial charge is 0.169 e. The number of rotatable bonds is 1. The van der Waals surface area contributed by atoms with E-state index in [0.717, 1.165) is 0 Å². The van der Waals surface area contributed by atoms with Crippen molar-refractivity contribution in [1.82, 2.24) is 0 Å². The SMILES string of the molecule is Nc1cc(N)c(N2CCCS(=O)(=O)CC2)c(F)c1Cl. The molecule has 1 aliphatic rings. The maximum Gasteiger partial charge on any atom is 0.169 e. The number of nitrogen functional groups attached to an aromatic ring is 2. The first-order chi connectivity index (χ1) is 8.82. The van der Waals surface area contributed by atoms with Crippen LogP contribution in [0.5, 0.6) is 0 Å². The molecule has 1 aromatic carbocycles. The zero-order valence-corrected chi connectivity index (χ0v) is 11.8. The number of anilines is 3. The molecule has 0 radical (unpaired) electrons. The second-order valence-electron chi connectivity index (χ2n) is 4.52. The highest BCUT2D eigenvalue weighted by atomic mass is 35.5. The first-order valence-electron chi connectivity index (χ1n) is 5.80. The Morgan fingerprint density at radius 2 is 1.89 bits per heavy atom. The number of hydrogen-bond acceptors (Lipinski definition) is 5. The maximum atomic E-state index is 14.2. The second kappa shape index (κ2) is 5.05.